The van der Waals surface area contributed by atoms with E-state index < -0.39 is 22.9 Å². The third-order valence-electron chi connectivity index (χ3n) is 4.28. The Bertz CT molecular complexity index is 841. The zero-order valence-electron chi connectivity index (χ0n) is 13.2. The van der Waals surface area contributed by atoms with Crippen LogP contribution in [-0.4, -0.2) is 35.7 Å². The molecule has 2 aromatic carbocycles. The highest BCUT2D eigenvalue weighted by molar-refractivity contribution is 6.19. The fourth-order valence-corrected chi connectivity index (χ4v) is 3.04. The van der Waals surface area contributed by atoms with E-state index in [1.165, 1.54) is 19.2 Å². The van der Waals surface area contributed by atoms with Crippen LogP contribution in [0.1, 0.15) is 21.5 Å². The molecule has 1 aliphatic rings. The smallest absolute Gasteiger partial charge is 0.327 e. The zero-order chi connectivity index (χ0) is 17.5. The Morgan fingerprint density at radius 1 is 1.21 bits per heavy atom. The maximum Gasteiger partial charge on any atom is 0.327 e. The second kappa shape index (κ2) is 5.56. The van der Waals surface area contributed by atoms with Crippen LogP contribution >= 0.6 is 0 Å². The lowest BCUT2D eigenvalue weighted by molar-refractivity contribution is -0.146. The Morgan fingerprint density at radius 3 is 2.58 bits per heavy atom. The highest BCUT2D eigenvalue weighted by Gasteiger charge is 2.54. The lowest BCUT2D eigenvalue weighted by Gasteiger charge is -2.35. The lowest BCUT2D eigenvalue weighted by atomic mass is 9.72. The van der Waals surface area contributed by atoms with Crippen molar-refractivity contribution in [3.8, 4) is 17.2 Å². The van der Waals surface area contributed by atoms with Crippen LogP contribution < -0.4 is 4.74 Å². The molecule has 0 bridgehead atoms. The number of carbonyl (C=O) groups is 2. The van der Waals surface area contributed by atoms with Gasteiger partial charge < -0.3 is 19.7 Å². The van der Waals surface area contributed by atoms with Gasteiger partial charge in [-0.15, -0.1) is 0 Å². The number of hydrogen-bond donors (Lipinski definition) is 2. The van der Waals surface area contributed by atoms with Crippen LogP contribution in [0.2, 0.25) is 0 Å². The molecule has 3 rings (SSSR count). The molecule has 0 amide bonds. The minimum atomic E-state index is -1.74. The summed E-state index contributed by atoms with van der Waals surface area (Å²) in [4.78, 5) is 25.8. The van der Waals surface area contributed by atoms with Crippen molar-refractivity contribution in [2.75, 3.05) is 13.7 Å². The van der Waals surface area contributed by atoms with Gasteiger partial charge in [0.2, 0.25) is 0 Å². The second-order valence-electron chi connectivity index (χ2n) is 5.67. The molecule has 6 heteroatoms. The van der Waals surface area contributed by atoms with Crippen LogP contribution in [0.3, 0.4) is 0 Å². The number of phenolic OH excluding ortho intramolecular Hbond substituents is 2. The Labute approximate surface area is 138 Å². The van der Waals surface area contributed by atoms with Gasteiger partial charge in [-0.3, -0.25) is 9.59 Å². The summed E-state index contributed by atoms with van der Waals surface area (Å²) in [6, 6.07) is 9.13. The third kappa shape index (κ3) is 2.11. The number of ketones is 1. The molecule has 0 aromatic heterocycles. The van der Waals surface area contributed by atoms with Crippen LogP contribution in [0, 0.1) is 6.92 Å². The van der Waals surface area contributed by atoms with E-state index in [1.54, 1.807) is 31.2 Å². The van der Waals surface area contributed by atoms with Gasteiger partial charge in [-0.1, -0.05) is 12.1 Å². The minimum absolute atomic E-state index is 0.240. The average molecular weight is 328 g/mol. The number of phenols is 2. The monoisotopic (exact) mass is 328 g/mol. The van der Waals surface area contributed by atoms with Gasteiger partial charge in [0.15, 0.2) is 22.7 Å². The molecule has 1 aliphatic heterocycles. The predicted octanol–water partition coefficient (Wildman–Crippen LogP) is 2.09. The molecule has 0 spiro atoms. The van der Waals surface area contributed by atoms with Crippen molar-refractivity contribution >= 4 is 11.8 Å². The molecule has 1 atom stereocenters. The van der Waals surface area contributed by atoms with Gasteiger partial charge in [0, 0.05) is 0 Å². The van der Waals surface area contributed by atoms with E-state index >= 15 is 0 Å². The Hall–Kier alpha value is -3.02. The maximum absolute atomic E-state index is 13.2. The molecule has 0 saturated carbocycles. The maximum atomic E-state index is 13.2. The van der Waals surface area contributed by atoms with E-state index in [9.17, 15) is 19.8 Å². The molecular formula is C18H16O6. The molecule has 1 unspecified atom stereocenters. The molecular weight excluding hydrogens is 312 g/mol. The van der Waals surface area contributed by atoms with Crippen molar-refractivity contribution in [2.24, 2.45) is 0 Å². The van der Waals surface area contributed by atoms with Crippen LogP contribution in [0.5, 0.6) is 17.2 Å². The van der Waals surface area contributed by atoms with Crippen molar-refractivity contribution in [1.82, 2.24) is 0 Å². The molecule has 6 nitrogen and oxygen atoms in total. The van der Waals surface area contributed by atoms with E-state index in [2.05, 4.69) is 0 Å². The van der Waals surface area contributed by atoms with Crippen molar-refractivity contribution in [1.29, 1.82) is 0 Å². The van der Waals surface area contributed by atoms with Crippen LogP contribution in [0.4, 0.5) is 0 Å². The van der Waals surface area contributed by atoms with Gasteiger partial charge >= 0.3 is 5.97 Å². The van der Waals surface area contributed by atoms with Gasteiger partial charge in [0.25, 0.3) is 0 Å². The first-order chi connectivity index (χ1) is 11.4. The number of methoxy groups -OCH3 is 1. The quantitative estimate of drug-likeness (QED) is 0.498. The number of hydrogen-bond acceptors (Lipinski definition) is 6. The van der Waals surface area contributed by atoms with Gasteiger partial charge in [-0.2, -0.15) is 0 Å². The summed E-state index contributed by atoms with van der Waals surface area (Å²) in [6.07, 6.45) is 0. The Morgan fingerprint density at radius 2 is 1.88 bits per heavy atom. The fourth-order valence-electron chi connectivity index (χ4n) is 3.04. The minimum Gasteiger partial charge on any atom is -0.504 e. The van der Waals surface area contributed by atoms with Crippen LogP contribution in [0.15, 0.2) is 36.4 Å². The number of benzene rings is 2. The highest BCUT2D eigenvalue weighted by atomic mass is 16.5. The summed E-state index contributed by atoms with van der Waals surface area (Å²) in [7, 11) is 1.19. The van der Waals surface area contributed by atoms with E-state index in [0.717, 1.165) is 0 Å². The summed E-state index contributed by atoms with van der Waals surface area (Å²) < 4.78 is 10.5. The normalized spacial score (nSPS) is 19.3. The first-order valence-corrected chi connectivity index (χ1v) is 7.30. The lowest BCUT2D eigenvalue weighted by Crippen LogP contribution is -2.52. The van der Waals surface area contributed by atoms with Crippen LogP contribution in [0.25, 0.3) is 0 Å². The predicted molar refractivity (Wildman–Crippen MR) is 84.5 cm³/mol. The van der Waals surface area contributed by atoms with E-state index in [1.807, 2.05) is 0 Å². The molecule has 24 heavy (non-hydrogen) atoms. The molecule has 2 aromatic rings. The molecule has 0 aliphatic carbocycles. The summed E-state index contributed by atoms with van der Waals surface area (Å²) in [6.45, 7) is 1.38. The first kappa shape index (κ1) is 15.9. The average Bonchev–Trinajstić information content (AvgIpc) is 2.59. The molecule has 0 fully saturated rings. The summed E-state index contributed by atoms with van der Waals surface area (Å²) in [5.41, 5.74) is -0.768. The molecule has 1 heterocycles. The molecule has 0 radical (unpaired) electrons. The molecule has 2 N–H and O–H groups in total. The standard InChI is InChI=1S/C18H16O6/c1-10-7-13(19)14(20)8-12(10)18(17(22)23-2)9-24-15-6-4-3-5-11(15)16(18)21/h3-8,19-20H,9H2,1-2H3. The van der Waals surface area contributed by atoms with Crippen molar-refractivity contribution < 1.29 is 29.3 Å². The van der Waals surface area contributed by atoms with Crippen molar-refractivity contribution in [2.45, 2.75) is 12.3 Å². The number of para-hydroxylation sites is 1. The number of carbonyl (C=O) groups excluding carboxylic acids is 2. The number of esters is 1. The Kier molecular flexibility index (Phi) is 3.67. The molecule has 124 valence electrons. The number of aryl methyl sites for hydroxylation is 1. The second-order valence-corrected chi connectivity index (χ2v) is 5.67. The number of Topliss-reactive ketones (excluding diaryl/α,β-unsaturated/α-hetero) is 1. The SMILES string of the molecule is COC(=O)C1(c2cc(O)c(O)cc2C)COc2ccccc2C1=O. The van der Waals surface area contributed by atoms with E-state index in [0.29, 0.717) is 11.3 Å². The topological polar surface area (TPSA) is 93.1 Å². The van der Waals surface area contributed by atoms with E-state index in [-0.39, 0.29) is 23.5 Å². The first-order valence-electron chi connectivity index (χ1n) is 7.30. The van der Waals surface area contributed by atoms with Crippen LogP contribution in [-0.2, 0) is 14.9 Å². The van der Waals surface area contributed by atoms with E-state index in [4.69, 9.17) is 9.47 Å². The largest absolute Gasteiger partial charge is 0.504 e. The van der Waals surface area contributed by atoms with Crippen molar-refractivity contribution in [3.05, 3.63) is 53.1 Å². The Balaban J connectivity index is 2.27. The van der Waals surface area contributed by atoms with Gasteiger partial charge in [0.05, 0.1) is 12.7 Å². The number of aromatic hydroxyl groups is 2. The molecule has 0 saturated heterocycles. The zero-order valence-corrected chi connectivity index (χ0v) is 13.2. The number of fused-ring (bicyclic) bond motifs is 1. The summed E-state index contributed by atoms with van der Waals surface area (Å²) in [5.74, 6) is -1.62. The summed E-state index contributed by atoms with van der Waals surface area (Å²) >= 11 is 0. The number of ether oxygens (including phenoxy) is 2. The number of rotatable bonds is 2. The van der Waals surface area contributed by atoms with Gasteiger partial charge in [-0.25, -0.2) is 0 Å². The third-order valence-corrected chi connectivity index (χ3v) is 4.28. The fraction of sp³-hybridized carbons (Fsp3) is 0.222. The van der Waals surface area contributed by atoms with Gasteiger partial charge in [-0.05, 0) is 42.3 Å². The highest BCUT2D eigenvalue weighted by Crippen LogP contribution is 2.42. The van der Waals surface area contributed by atoms with Crippen molar-refractivity contribution in [3.63, 3.8) is 0 Å². The summed E-state index contributed by atoms with van der Waals surface area (Å²) in [5, 5.41) is 19.5. The van der Waals surface area contributed by atoms with Gasteiger partial charge in [0.1, 0.15) is 12.4 Å².